The molecule has 0 amide bonds. The van der Waals surface area contributed by atoms with Crippen molar-refractivity contribution in [2.45, 2.75) is 19.4 Å². The van der Waals surface area contributed by atoms with Gasteiger partial charge in [0.1, 0.15) is 0 Å². The molecule has 0 aliphatic rings. The van der Waals surface area contributed by atoms with Crippen LogP contribution in [0.2, 0.25) is 5.02 Å². The molecule has 0 heterocycles. The number of hydrogen-bond donors (Lipinski definition) is 1. The lowest BCUT2D eigenvalue weighted by Crippen LogP contribution is -2.16. The van der Waals surface area contributed by atoms with Crippen molar-refractivity contribution in [2.24, 2.45) is 0 Å². The van der Waals surface area contributed by atoms with E-state index in [1.54, 1.807) is 12.1 Å². The van der Waals surface area contributed by atoms with Gasteiger partial charge in [-0.05, 0) is 36.2 Å². The van der Waals surface area contributed by atoms with Gasteiger partial charge in [-0.3, -0.25) is 0 Å². The second-order valence-corrected chi connectivity index (χ2v) is 5.03. The first-order valence-corrected chi connectivity index (χ1v) is 6.85. The summed E-state index contributed by atoms with van der Waals surface area (Å²) in [6.07, 6.45) is -1.49. The van der Waals surface area contributed by atoms with Crippen LogP contribution in [-0.2, 0) is 13.0 Å². The Morgan fingerprint density at radius 1 is 0.900 bits per heavy atom. The first-order chi connectivity index (χ1) is 9.65. The highest BCUT2D eigenvalue weighted by molar-refractivity contribution is 6.30. The monoisotopic (exact) mass is 295 g/mol. The third-order valence-electron chi connectivity index (χ3n) is 3.06. The zero-order chi connectivity index (χ0) is 14.4. The Hall–Kier alpha value is -1.45. The summed E-state index contributed by atoms with van der Waals surface area (Å²) in [7, 11) is 0. The predicted molar refractivity (Wildman–Crippen MR) is 78.3 cm³/mol. The van der Waals surface area contributed by atoms with E-state index in [0.29, 0.717) is 6.54 Å². The topological polar surface area (TPSA) is 12.0 Å². The van der Waals surface area contributed by atoms with Gasteiger partial charge in [0.25, 0.3) is 6.43 Å². The normalized spacial score (nSPS) is 11.0. The standard InChI is InChI=1S/C16H16ClF2N/c17-15-7-3-12(4-8-15)9-10-20-11-13-1-5-14(6-2-13)16(18)19/h1-8,16,20H,9-11H2. The van der Waals surface area contributed by atoms with Gasteiger partial charge in [-0.15, -0.1) is 0 Å². The fraction of sp³-hybridized carbons (Fsp3) is 0.250. The van der Waals surface area contributed by atoms with E-state index < -0.39 is 6.43 Å². The Morgan fingerprint density at radius 2 is 1.50 bits per heavy atom. The summed E-state index contributed by atoms with van der Waals surface area (Å²) in [4.78, 5) is 0. The Morgan fingerprint density at radius 3 is 2.10 bits per heavy atom. The van der Waals surface area contributed by atoms with Gasteiger partial charge in [-0.25, -0.2) is 8.78 Å². The maximum atomic E-state index is 12.4. The van der Waals surface area contributed by atoms with Crippen LogP contribution >= 0.6 is 11.6 Å². The molecule has 0 spiro atoms. The van der Waals surface area contributed by atoms with Gasteiger partial charge in [0.05, 0.1) is 0 Å². The first kappa shape index (κ1) is 14.9. The van der Waals surface area contributed by atoms with Crippen LogP contribution in [0.4, 0.5) is 8.78 Å². The molecule has 2 aromatic carbocycles. The molecule has 0 aromatic heterocycles. The first-order valence-electron chi connectivity index (χ1n) is 6.47. The maximum Gasteiger partial charge on any atom is 0.263 e. The van der Waals surface area contributed by atoms with Crippen molar-refractivity contribution >= 4 is 11.6 Å². The molecule has 0 bridgehead atoms. The molecule has 4 heteroatoms. The van der Waals surface area contributed by atoms with Gasteiger partial charge < -0.3 is 5.32 Å². The van der Waals surface area contributed by atoms with Crippen LogP contribution in [0, 0.1) is 0 Å². The molecular weight excluding hydrogens is 280 g/mol. The molecule has 2 aromatic rings. The molecule has 0 unspecified atom stereocenters. The third-order valence-corrected chi connectivity index (χ3v) is 3.32. The van der Waals surface area contributed by atoms with Crippen molar-refractivity contribution in [2.75, 3.05) is 6.54 Å². The minimum Gasteiger partial charge on any atom is -0.312 e. The highest BCUT2D eigenvalue weighted by Gasteiger charge is 2.05. The Bertz CT molecular complexity index is 523. The number of nitrogens with one attached hydrogen (secondary N) is 1. The Balaban J connectivity index is 1.74. The van der Waals surface area contributed by atoms with Crippen LogP contribution in [0.15, 0.2) is 48.5 Å². The summed E-state index contributed by atoms with van der Waals surface area (Å²) in [5.41, 5.74) is 2.29. The van der Waals surface area contributed by atoms with Gasteiger partial charge in [0.2, 0.25) is 0 Å². The molecule has 20 heavy (non-hydrogen) atoms. The van der Waals surface area contributed by atoms with Gasteiger partial charge >= 0.3 is 0 Å². The largest absolute Gasteiger partial charge is 0.312 e. The molecule has 1 nitrogen and oxygen atoms in total. The molecule has 106 valence electrons. The van der Waals surface area contributed by atoms with E-state index in [-0.39, 0.29) is 5.56 Å². The zero-order valence-electron chi connectivity index (χ0n) is 11.0. The van der Waals surface area contributed by atoms with Crippen molar-refractivity contribution in [1.29, 1.82) is 0 Å². The van der Waals surface area contributed by atoms with E-state index in [2.05, 4.69) is 5.32 Å². The summed E-state index contributed by atoms with van der Waals surface area (Å²) >= 11 is 5.82. The molecule has 0 atom stereocenters. The highest BCUT2D eigenvalue weighted by Crippen LogP contribution is 2.18. The lowest BCUT2D eigenvalue weighted by Gasteiger charge is -2.06. The van der Waals surface area contributed by atoms with Crippen molar-refractivity contribution in [3.8, 4) is 0 Å². The number of alkyl halides is 2. The summed E-state index contributed by atoms with van der Waals surface area (Å²) in [6, 6.07) is 14.2. The van der Waals surface area contributed by atoms with Gasteiger partial charge in [-0.2, -0.15) is 0 Å². The second-order valence-electron chi connectivity index (χ2n) is 4.60. The SMILES string of the molecule is FC(F)c1ccc(CNCCc2ccc(Cl)cc2)cc1. The average Bonchev–Trinajstić information content (AvgIpc) is 2.46. The third kappa shape index (κ3) is 4.58. The highest BCUT2D eigenvalue weighted by atomic mass is 35.5. The quantitative estimate of drug-likeness (QED) is 0.767. The summed E-state index contributed by atoms with van der Waals surface area (Å²) < 4.78 is 24.8. The van der Waals surface area contributed by atoms with Crippen molar-refractivity contribution < 1.29 is 8.78 Å². The average molecular weight is 296 g/mol. The summed E-state index contributed by atoms with van der Waals surface area (Å²) in [6.45, 7) is 1.51. The lowest BCUT2D eigenvalue weighted by atomic mass is 10.1. The molecule has 0 aliphatic heterocycles. The number of halogens is 3. The van der Waals surface area contributed by atoms with Crippen LogP contribution in [0.1, 0.15) is 23.1 Å². The number of rotatable bonds is 6. The molecule has 0 saturated heterocycles. The van der Waals surface area contributed by atoms with E-state index in [1.807, 2.05) is 24.3 Å². The van der Waals surface area contributed by atoms with Crippen LogP contribution in [0.3, 0.4) is 0 Å². The molecule has 0 radical (unpaired) electrons. The van der Waals surface area contributed by atoms with Gasteiger partial charge in [0.15, 0.2) is 0 Å². The molecule has 0 fully saturated rings. The van der Waals surface area contributed by atoms with Crippen molar-refractivity contribution in [3.05, 3.63) is 70.2 Å². The van der Waals surface area contributed by atoms with Crippen LogP contribution in [0.5, 0.6) is 0 Å². The fourth-order valence-electron chi connectivity index (χ4n) is 1.90. The molecule has 2 rings (SSSR count). The molecule has 0 saturated carbocycles. The second kappa shape index (κ2) is 7.36. The summed E-state index contributed by atoms with van der Waals surface area (Å²) in [5, 5.41) is 4.03. The smallest absolute Gasteiger partial charge is 0.263 e. The minimum atomic E-state index is -2.40. The van der Waals surface area contributed by atoms with Crippen molar-refractivity contribution in [3.63, 3.8) is 0 Å². The van der Waals surface area contributed by atoms with Gasteiger partial charge in [0, 0.05) is 17.1 Å². The van der Waals surface area contributed by atoms with Gasteiger partial charge in [-0.1, -0.05) is 48.0 Å². The number of benzene rings is 2. The molecule has 0 aliphatic carbocycles. The summed E-state index contributed by atoms with van der Waals surface area (Å²) in [5.74, 6) is 0. The Kier molecular flexibility index (Phi) is 5.50. The minimum absolute atomic E-state index is 0.0647. The predicted octanol–water partition coefficient (Wildman–Crippen LogP) is 4.61. The van der Waals surface area contributed by atoms with Crippen molar-refractivity contribution in [1.82, 2.24) is 5.32 Å². The Labute approximate surface area is 122 Å². The lowest BCUT2D eigenvalue weighted by molar-refractivity contribution is 0.151. The van der Waals surface area contributed by atoms with E-state index >= 15 is 0 Å². The van der Waals surface area contributed by atoms with Crippen LogP contribution in [0.25, 0.3) is 0 Å². The van der Waals surface area contributed by atoms with Crippen LogP contribution < -0.4 is 5.32 Å². The van der Waals surface area contributed by atoms with E-state index in [0.717, 1.165) is 23.6 Å². The number of hydrogen-bond acceptors (Lipinski definition) is 1. The van der Waals surface area contributed by atoms with E-state index in [1.165, 1.54) is 17.7 Å². The van der Waals surface area contributed by atoms with Crippen LogP contribution in [-0.4, -0.2) is 6.54 Å². The fourth-order valence-corrected chi connectivity index (χ4v) is 2.02. The molecular formula is C16H16ClF2N. The maximum absolute atomic E-state index is 12.4. The van der Waals surface area contributed by atoms with E-state index in [9.17, 15) is 8.78 Å². The van der Waals surface area contributed by atoms with E-state index in [4.69, 9.17) is 11.6 Å². The zero-order valence-corrected chi connectivity index (χ0v) is 11.7. The molecule has 1 N–H and O–H groups in total.